The zero-order chi connectivity index (χ0) is 16.2. The highest BCUT2D eigenvalue weighted by Crippen LogP contribution is 2.22. The van der Waals surface area contributed by atoms with Crippen LogP contribution in [0.5, 0.6) is 0 Å². The van der Waals surface area contributed by atoms with Gasteiger partial charge in [-0.1, -0.05) is 29.8 Å². The summed E-state index contributed by atoms with van der Waals surface area (Å²) >= 11 is 7.10. The second-order valence-electron chi connectivity index (χ2n) is 4.75. The molecule has 0 aliphatic rings. The minimum Gasteiger partial charge on any atom is -0.300 e. The Labute approximate surface area is 141 Å². The maximum Gasteiger partial charge on any atom is 0.230 e. The van der Waals surface area contributed by atoms with E-state index in [0.29, 0.717) is 21.5 Å². The summed E-state index contributed by atoms with van der Waals surface area (Å²) in [6.45, 7) is 0. The molecule has 1 amide bonds. The molecule has 0 saturated carbocycles. The first kappa shape index (κ1) is 15.6. The van der Waals surface area contributed by atoms with Crippen molar-refractivity contribution in [2.45, 2.75) is 6.42 Å². The second-order valence-corrected chi connectivity index (χ2v) is 5.91. The predicted octanol–water partition coefficient (Wildman–Crippen LogP) is 4.18. The van der Waals surface area contributed by atoms with Gasteiger partial charge in [-0.3, -0.25) is 4.79 Å². The predicted molar refractivity (Wildman–Crippen MR) is 89.1 cm³/mol. The Morgan fingerprint density at radius 3 is 2.65 bits per heavy atom. The summed E-state index contributed by atoms with van der Waals surface area (Å²) in [7, 11) is 0. The van der Waals surface area contributed by atoms with Crippen molar-refractivity contribution in [1.29, 1.82) is 0 Å². The lowest BCUT2D eigenvalue weighted by Crippen LogP contribution is -2.14. The van der Waals surface area contributed by atoms with Gasteiger partial charge in [0.15, 0.2) is 5.82 Å². The van der Waals surface area contributed by atoms with Crippen LogP contribution in [0.15, 0.2) is 48.5 Å². The van der Waals surface area contributed by atoms with Crippen molar-refractivity contribution in [3.63, 3.8) is 0 Å². The van der Waals surface area contributed by atoms with E-state index in [1.54, 1.807) is 24.3 Å². The molecule has 4 nitrogen and oxygen atoms in total. The van der Waals surface area contributed by atoms with Gasteiger partial charge in [0.1, 0.15) is 5.82 Å². The van der Waals surface area contributed by atoms with Crippen LogP contribution < -0.4 is 5.32 Å². The molecule has 0 fully saturated rings. The van der Waals surface area contributed by atoms with E-state index in [9.17, 15) is 9.18 Å². The van der Waals surface area contributed by atoms with Crippen molar-refractivity contribution in [2.24, 2.45) is 0 Å². The van der Waals surface area contributed by atoms with Crippen molar-refractivity contribution in [3.8, 4) is 11.4 Å². The van der Waals surface area contributed by atoms with E-state index in [1.807, 2.05) is 12.1 Å². The average Bonchev–Trinajstić information content (AvgIpc) is 2.98. The Morgan fingerprint density at radius 1 is 1.17 bits per heavy atom. The maximum atomic E-state index is 12.9. The molecule has 1 heterocycles. The van der Waals surface area contributed by atoms with Gasteiger partial charge in [0.25, 0.3) is 0 Å². The first-order valence-corrected chi connectivity index (χ1v) is 7.90. The quantitative estimate of drug-likeness (QED) is 0.770. The van der Waals surface area contributed by atoms with Gasteiger partial charge in [0.2, 0.25) is 11.0 Å². The van der Waals surface area contributed by atoms with E-state index in [2.05, 4.69) is 14.7 Å². The Balaban J connectivity index is 1.68. The highest BCUT2D eigenvalue weighted by molar-refractivity contribution is 7.10. The summed E-state index contributed by atoms with van der Waals surface area (Å²) in [4.78, 5) is 16.3. The van der Waals surface area contributed by atoms with Crippen LogP contribution in [-0.2, 0) is 11.2 Å². The summed E-state index contributed by atoms with van der Waals surface area (Å²) in [6, 6.07) is 13.0. The third kappa shape index (κ3) is 3.91. The monoisotopic (exact) mass is 347 g/mol. The zero-order valence-corrected chi connectivity index (χ0v) is 13.4. The average molecular weight is 348 g/mol. The fraction of sp³-hybridized carbons (Fsp3) is 0.0625. The minimum absolute atomic E-state index is 0.158. The van der Waals surface area contributed by atoms with Crippen molar-refractivity contribution < 1.29 is 9.18 Å². The van der Waals surface area contributed by atoms with Gasteiger partial charge in [-0.15, -0.1) is 0 Å². The van der Waals surface area contributed by atoms with Crippen LogP contribution in [-0.4, -0.2) is 15.3 Å². The molecule has 0 aliphatic carbocycles. The van der Waals surface area contributed by atoms with Crippen molar-refractivity contribution in [1.82, 2.24) is 9.36 Å². The first-order chi connectivity index (χ1) is 11.1. The number of amides is 1. The topological polar surface area (TPSA) is 54.9 Å². The molecule has 0 spiro atoms. The number of rotatable bonds is 4. The fourth-order valence-electron chi connectivity index (χ4n) is 1.97. The van der Waals surface area contributed by atoms with Gasteiger partial charge >= 0.3 is 0 Å². The molecule has 3 rings (SSSR count). The number of aromatic nitrogens is 2. The minimum atomic E-state index is -0.322. The van der Waals surface area contributed by atoms with E-state index < -0.39 is 0 Å². The summed E-state index contributed by atoms with van der Waals surface area (Å²) in [6.07, 6.45) is 0.158. The second kappa shape index (κ2) is 6.85. The molecule has 0 atom stereocenters. The van der Waals surface area contributed by atoms with Crippen LogP contribution in [0.25, 0.3) is 11.4 Å². The zero-order valence-electron chi connectivity index (χ0n) is 11.8. The van der Waals surface area contributed by atoms with Gasteiger partial charge in [0, 0.05) is 22.1 Å². The lowest BCUT2D eigenvalue weighted by Gasteiger charge is -2.03. The lowest BCUT2D eigenvalue weighted by atomic mass is 10.1. The SMILES string of the molecule is O=C(Cc1ccccc1Cl)Nc1nc(-c2ccc(F)cc2)ns1. The van der Waals surface area contributed by atoms with Crippen molar-refractivity contribution in [3.05, 3.63) is 64.9 Å². The van der Waals surface area contributed by atoms with E-state index in [-0.39, 0.29) is 18.1 Å². The van der Waals surface area contributed by atoms with Gasteiger partial charge < -0.3 is 5.32 Å². The Kier molecular flexibility index (Phi) is 4.64. The number of hydrogen-bond donors (Lipinski definition) is 1. The Morgan fingerprint density at radius 2 is 1.91 bits per heavy atom. The third-order valence-electron chi connectivity index (χ3n) is 3.08. The first-order valence-electron chi connectivity index (χ1n) is 6.75. The van der Waals surface area contributed by atoms with E-state index >= 15 is 0 Å². The molecule has 0 bridgehead atoms. The summed E-state index contributed by atoms with van der Waals surface area (Å²) in [5.74, 6) is -0.0970. The summed E-state index contributed by atoms with van der Waals surface area (Å²) < 4.78 is 17.1. The molecule has 0 radical (unpaired) electrons. The van der Waals surface area contributed by atoms with Crippen LogP contribution in [0.2, 0.25) is 5.02 Å². The number of anilines is 1. The molecule has 3 aromatic rings. The van der Waals surface area contributed by atoms with Gasteiger partial charge in [-0.05, 0) is 35.9 Å². The lowest BCUT2D eigenvalue weighted by molar-refractivity contribution is -0.115. The maximum absolute atomic E-state index is 12.9. The number of nitrogens with zero attached hydrogens (tertiary/aromatic N) is 2. The normalized spacial score (nSPS) is 10.5. The largest absolute Gasteiger partial charge is 0.300 e. The molecule has 0 saturated heterocycles. The summed E-state index contributed by atoms with van der Waals surface area (Å²) in [5.41, 5.74) is 1.43. The smallest absolute Gasteiger partial charge is 0.230 e. The number of benzene rings is 2. The van der Waals surface area contributed by atoms with Gasteiger partial charge in [-0.25, -0.2) is 4.39 Å². The molecule has 0 unspecified atom stereocenters. The van der Waals surface area contributed by atoms with Crippen LogP contribution >= 0.6 is 23.1 Å². The summed E-state index contributed by atoms with van der Waals surface area (Å²) in [5, 5.41) is 3.63. The van der Waals surface area contributed by atoms with Gasteiger partial charge in [-0.2, -0.15) is 9.36 Å². The Bertz CT molecular complexity index is 835. The molecular weight excluding hydrogens is 337 g/mol. The number of carbonyl (C=O) groups excluding carboxylic acids is 1. The van der Waals surface area contributed by atoms with Crippen molar-refractivity contribution >= 4 is 34.2 Å². The van der Waals surface area contributed by atoms with E-state index in [1.165, 1.54) is 12.1 Å². The highest BCUT2D eigenvalue weighted by Gasteiger charge is 2.11. The van der Waals surface area contributed by atoms with Crippen molar-refractivity contribution in [2.75, 3.05) is 5.32 Å². The third-order valence-corrected chi connectivity index (χ3v) is 4.08. The van der Waals surface area contributed by atoms with E-state index in [4.69, 9.17) is 11.6 Å². The molecule has 1 aromatic heterocycles. The number of carbonyl (C=O) groups is 1. The molecule has 23 heavy (non-hydrogen) atoms. The molecule has 2 aromatic carbocycles. The molecule has 116 valence electrons. The highest BCUT2D eigenvalue weighted by atomic mass is 35.5. The van der Waals surface area contributed by atoms with Crippen LogP contribution in [0.1, 0.15) is 5.56 Å². The number of halogens is 2. The number of nitrogens with one attached hydrogen (secondary N) is 1. The number of hydrogen-bond acceptors (Lipinski definition) is 4. The standard InChI is InChI=1S/C16H11ClFN3OS/c17-13-4-2-1-3-11(13)9-14(22)19-16-20-15(21-23-16)10-5-7-12(18)8-6-10/h1-8H,9H2,(H,19,20,21,22). The van der Waals surface area contributed by atoms with Crippen LogP contribution in [0, 0.1) is 5.82 Å². The molecule has 0 aliphatic heterocycles. The van der Waals surface area contributed by atoms with Crippen LogP contribution in [0.3, 0.4) is 0 Å². The Hall–Kier alpha value is -2.31. The van der Waals surface area contributed by atoms with E-state index in [0.717, 1.165) is 17.1 Å². The van der Waals surface area contributed by atoms with Crippen LogP contribution in [0.4, 0.5) is 9.52 Å². The fourth-order valence-corrected chi connectivity index (χ4v) is 2.78. The molecule has 7 heteroatoms. The molecular formula is C16H11ClFN3OS. The van der Waals surface area contributed by atoms with Gasteiger partial charge in [0.05, 0.1) is 6.42 Å². The molecule has 1 N–H and O–H groups in total.